The summed E-state index contributed by atoms with van der Waals surface area (Å²) >= 11 is 2.79. The minimum atomic E-state index is -0.593. The zero-order valence-corrected chi connectivity index (χ0v) is 32.1. The average Bonchev–Trinajstić information content (AvgIpc) is 3.52. The zero-order chi connectivity index (χ0) is 38.1. The van der Waals surface area contributed by atoms with Crippen molar-refractivity contribution < 1.29 is 38.1 Å². The van der Waals surface area contributed by atoms with Gasteiger partial charge in [-0.05, 0) is 79.6 Å². The summed E-state index contributed by atoms with van der Waals surface area (Å²) in [5, 5.41) is 8.67. The van der Waals surface area contributed by atoms with Gasteiger partial charge in [0.2, 0.25) is 5.91 Å². The number of hydrogen-bond donors (Lipinski definition) is 3. The molecule has 2 atom stereocenters. The zero-order valence-electron chi connectivity index (χ0n) is 30.5. The third-order valence-corrected chi connectivity index (χ3v) is 11.3. The minimum Gasteiger partial charge on any atom is -0.496 e. The molecule has 0 spiro atoms. The number of thioether (sulfide) groups is 1. The third kappa shape index (κ3) is 9.40. The number of rotatable bonds is 14. The molecule has 1 heterocycles. The van der Waals surface area contributed by atoms with Crippen molar-refractivity contribution in [3.63, 3.8) is 0 Å². The Labute approximate surface area is 317 Å². The van der Waals surface area contributed by atoms with Gasteiger partial charge in [-0.1, -0.05) is 38.1 Å². The van der Waals surface area contributed by atoms with E-state index in [4.69, 9.17) is 18.9 Å². The lowest BCUT2D eigenvalue weighted by molar-refractivity contribution is -0.116. The van der Waals surface area contributed by atoms with Gasteiger partial charge in [-0.3, -0.25) is 14.4 Å². The molecule has 2 unspecified atom stereocenters. The molecule has 13 heteroatoms. The number of anilines is 2. The van der Waals surface area contributed by atoms with Crippen molar-refractivity contribution >= 4 is 63.6 Å². The Morgan fingerprint density at radius 3 is 2.30 bits per heavy atom. The monoisotopic (exact) mass is 757 g/mol. The van der Waals surface area contributed by atoms with Crippen LogP contribution in [0.1, 0.15) is 63.4 Å². The first-order chi connectivity index (χ1) is 25.6. The summed E-state index contributed by atoms with van der Waals surface area (Å²) in [6.45, 7) is 4.10. The van der Waals surface area contributed by atoms with E-state index in [0.717, 1.165) is 34.6 Å². The molecule has 4 aromatic rings. The van der Waals surface area contributed by atoms with E-state index in [1.807, 2.05) is 13.0 Å². The topological polar surface area (TPSA) is 141 Å². The molecule has 1 aliphatic carbocycles. The van der Waals surface area contributed by atoms with Gasteiger partial charge in [-0.15, -0.1) is 23.1 Å². The molecular weight excluding hydrogens is 715 g/mol. The number of nitrogens with one attached hydrogen (secondary N) is 3. The Bertz CT molecular complexity index is 2010. The molecule has 0 radical (unpaired) electrons. The first kappa shape index (κ1) is 38.9. The highest BCUT2D eigenvalue weighted by Crippen LogP contribution is 2.41. The van der Waals surface area contributed by atoms with Gasteiger partial charge in [0, 0.05) is 32.7 Å². The fourth-order valence-electron chi connectivity index (χ4n) is 5.94. The van der Waals surface area contributed by atoms with Gasteiger partial charge in [0.25, 0.3) is 11.8 Å². The van der Waals surface area contributed by atoms with Crippen molar-refractivity contribution in [3.05, 3.63) is 99.6 Å². The molecule has 53 heavy (non-hydrogen) atoms. The minimum absolute atomic E-state index is 0.0531. The SMILES string of the molecule is CCC(Sc1cccc(NC(=O)/C(=C\c2cc(OC)c(OC)cc2OC)NC(=O)c2ccccc2)c1)C(=O)Nc1sc2c(c1C(=O)OC)CCC(C)C2. The van der Waals surface area contributed by atoms with Crippen molar-refractivity contribution in [1.82, 2.24) is 5.32 Å². The van der Waals surface area contributed by atoms with Gasteiger partial charge in [0.15, 0.2) is 11.5 Å². The lowest BCUT2D eigenvalue weighted by atomic mass is 9.88. The summed E-state index contributed by atoms with van der Waals surface area (Å²) in [5.74, 6) is -0.0307. The Balaban J connectivity index is 1.37. The van der Waals surface area contributed by atoms with Crippen molar-refractivity contribution in [2.24, 2.45) is 5.92 Å². The summed E-state index contributed by atoms with van der Waals surface area (Å²) in [6, 6.07) is 18.9. The quantitative estimate of drug-likeness (QED) is 0.0674. The molecule has 278 valence electrons. The van der Waals surface area contributed by atoms with Crippen LogP contribution in [0.3, 0.4) is 0 Å². The normalized spacial score (nSPS) is 14.3. The largest absolute Gasteiger partial charge is 0.496 e. The number of hydrogen-bond acceptors (Lipinski definition) is 10. The van der Waals surface area contributed by atoms with Gasteiger partial charge < -0.3 is 34.9 Å². The number of benzene rings is 3. The van der Waals surface area contributed by atoms with E-state index in [9.17, 15) is 19.2 Å². The number of esters is 1. The first-order valence-electron chi connectivity index (χ1n) is 17.1. The van der Waals surface area contributed by atoms with E-state index in [1.165, 1.54) is 57.6 Å². The number of methoxy groups -OCH3 is 4. The molecule has 0 bridgehead atoms. The van der Waals surface area contributed by atoms with Crippen molar-refractivity contribution in [2.45, 2.75) is 49.7 Å². The number of amides is 3. The highest BCUT2D eigenvalue weighted by atomic mass is 32.2. The standard InChI is InChI=1S/C40H43N3O8S2/c1-7-33(38(46)43-39-35(40(47)51-6)28-17-16-23(2)18-34(28)53-39)52-27-15-11-14-26(21-27)41-37(45)29(42-36(44)24-12-9-8-10-13-24)19-25-20-31(49-4)32(50-5)22-30(25)48-3/h8-15,19-23,33H,7,16-18H2,1-6H3,(H,41,45)(H,42,44)(H,43,46)/b29-19+. The van der Waals surface area contributed by atoms with Crippen LogP contribution in [0.4, 0.5) is 10.7 Å². The molecule has 1 aliphatic rings. The summed E-state index contributed by atoms with van der Waals surface area (Å²) in [6.07, 6.45) is 4.61. The highest BCUT2D eigenvalue weighted by Gasteiger charge is 2.30. The van der Waals surface area contributed by atoms with Crippen molar-refractivity contribution in [1.29, 1.82) is 0 Å². The van der Waals surface area contributed by atoms with Crippen LogP contribution in [0, 0.1) is 5.92 Å². The molecule has 11 nitrogen and oxygen atoms in total. The number of fused-ring (bicyclic) bond motifs is 1. The maximum atomic E-state index is 13.9. The van der Waals surface area contributed by atoms with Gasteiger partial charge in [0.05, 0.1) is 39.3 Å². The first-order valence-corrected chi connectivity index (χ1v) is 18.8. The number of thiophene rings is 1. The van der Waals surface area contributed by atoms with Gasteiger partial charge >= 0.3 is 5.97 Å². The predicted octanol–water partition coefficient (Wildman–Crippen LogP) is 7.60. The molecule has 3 N–H and O–H groups in total. The van der Waals surface area contributed by atoms with Crippen LogP contribution >= 0.6 is 23.1 Å². The summed E-state index contributed by atoms with van der Waals surface area (Å²) in [5.41, 5.74) is 2.64. The van der Waals surface area contributed by atoms with Crippen LogP contribution < -0.4 is 30.2 Å². The van der Waals surface area contributed by atoms with Crippen molar-refractivity contribution in [2.75, 3.05) is 39.1 Å². The number of carbonyl (C=O) groups excluding carboxylic acids is 4. The maximum Gasteiger partial charge on any atom is 0.341 e. The maximum absolute atomic E-state index is 13.9. The van der Waals surface area contributed by atoms with Crippen LogP contribution in [0.15, 0.2) is 77.3 Å². The second kappa shape index (κ2) is 18.0. The van der Waals surface area contributed by atoms with E-state index < -0.39 is 23.0 Å². The molecule has 5 rings (SSSR count). The summed E-state index contributed by atoms with van der Waals surface area (Å²) in [4.78, 5) is 55.4. The summed E-state index contributed by atoms with van der Waals surface area (Å²) in [7, 11) is 5.84. The van der Waals surface area contributed by atoms with Gasteiger partial charge in [-0.2, -0.15) is 0 Å². The van der Waals surface area contributed by atoms with E-state index in [1.54, 1.807) is 60.7 Å². The van der Waals surface area contributed by atoms with Gasteiger partial charge in [-0.25, -0.2) is 4.79 Å². The van der Waals surface area contributed by atoms with E-state index in [-0.39, 0.29) is 11.6 Å². The Hall–Kier alpha value is -5.27. The molecule has 0 saturated carbocycles. The Kier molecular flexibility index (Phi) is 13.2. The van der Waals surface area contributed by atoms with Crippen molar-refractivity contribution in [3.8, 4) is 17.2 Å². The smallest absolute Gasteiger partial charge is 0.341 e. The molecule has 0 fully saturated rings. The second-order valence-corrected chi connectivity index (χ2v) is 14.7. The van der Waals surface area contributed by atoms with Crippen LogP contribution in [-0.4, -0.2) is 57.4 Å². The third-order valence-electron chi connectivity index (χ3n) is 8.74. The molecule has 3 aromatic carbocycles. The lowest BCUT2D eigenvalue weighted by Gasteiger charge is -2.18. The molecule has 0 aliphatic heterocycles. The number of ether oxygens (including phenoxy) is 4. The van der Waals surface area contributed by atoms with Crippen LogP contribution in [0.25, 0.3) is 6.08 Å². The summed E-state index contributed by atoms with van der Waals surface area (Å²) < 4.78 is 21.5. The lowest BCUT2D eigenvalue weighted by Crippen LogP contribution is -2.30. The van der Waals surface area contributed by atoms with Crippen LogP contribution in [-0.2, 0) is 27.2 Å². The molecular formula is C40H43N3O8S2. The van der Waals surface area contributed by atoms with E-state index >= 15 is 0 Å². The van der Waals surface area contributed by atoms with E-state index in [2.05, 4.69) is 22.9 Å². The highest BCUT2D eigenvalue weighted by molar-refractivity contribution is 8.00. The molecule has 1 aromatic heterocycles. The van der Waals surface area contributed by atoms with Crippen LogP contribution in [0.2, 0.25) is 0 Å². The Morgan fingerprint density at radius 2 is 1.62 bits per heavy atom. The van der Waals surface area contributed by atoms with Gasteiger partial charge in [0.1, 0.15) is 16.4 Å². The second-order valence-electron chi connectivity index (χ2n) is 12.4. The molecule has 0 saturated heterocycles. The Morgan fingerprint density at radius 1 is 0.906 bits per heavy atom. The average molecular weight is 758 g/mol. The van der Waals surface area contributed by atoms with E-state index in [0.29, 0.717) is 57.0 Å². The fourth-order valence-corrected chi connectivity index (χ4v) is 8.36. The number of carbonyl (C=O) groups is 4. The predicted molar refractivity (Wildman–Crippen MR) is 208 cm³/mol. The van der Waals surface area contributed by atoms with Crippen LogP contribution in [0.5, 0.6) is 17.2 Å². The molecule has 3 amide bonds. The fraction of sp³-hybridized carbons (Fsp3) is 0.300.